The third-order valence-corrected chi connectivity index (χ3v) is 6.95. The third kappa shape index (κ3) is 13.0. The maximum absolute atomic E-state index is 14.3. The van der Waals surface area contributed by atoms with E-state index in [4.69, 9.17) is 4.74 Å². The lowest BCUT2D eigenvalue weighted by Gasteiger charge is -2.39. The second kappa shape index (κ2) is 17.3. The normalized spacial score (nSPS) is 13.9. The van der Waals surface area contributed by atoms with Crippen LogP contribution in [0.5, 0.6) is 5.75 Å². The molecule has 3 unspecified atom stereocenters. The molecule has 0 fully saturated rings. The second-order valence-electron chi connectivity index (χ2n) is 11.5. The van der Waals surface area contributed by atoms with Crippen LogP contribution in [0.1, 0.15) is 98.6 Å². The Hall–Kier alpha value is -2.42. The molecule has 8 nitrogen and oxygen atoms in total. The number of unbranched alkanes of at least 4 members (excludes halogenated alkanes) is 2. The van der Waals surface area contributed by atoms with Crippen LogP contribution in [0, 0.1) is 5.92 Å². The van der Waals surface area contributed by atoms with Crippen molar-refractivity contribution in [2.75, 3.05) is 18.6 Å². The van der Waals surface area contributed by atoms with Crippen molar-refractivity contribution in [1.29, 1.82) is 0 Å². The van der Waals surface area contributed by atoms with Gasteiger partial charge in [0.25, 0.3) is 0 Å². The quantitative estimate of drug-likeness (QED) is 0.211. The van der Waals surface area contributed by atoms with E-state index in [-0.39, 0.29) is 23.6 Å². The molecule has 3 N–H and O–H groups in total. The van der Waals surface area contributed by atoms with E-state index in [1.54, 1.807) is 49.6 Å². The number of carbonyl (C=O) groups is 3. The summed E-state index contributed by atoms with van der Waals surface area (Å²) in [5.74, 6) is 0.547. The highest BCUT2D eigenvalue weighted by atomic mass is 32.2. The highest BCUT2D eigenvalue weighted by Gasteiger charge is 2.38. The molecule has 0 saturated carbocycles. The Morgan fingerprint density at radius 1 is 1.03 bits per heavy atom. The number of benzene rings is 1. The molecule has 1 aromatic carbocycles. The number of rotatable bonds is 16. The molecule has 0 aliphatic rings. The van der Waals surface area contributed by atoms with E-state index >= 15 is 0 Å². The molecule has 0 saturated heterocycles. The zero-order valence-corrected chi connectivity index (χ0v) is 26.0. The molecular formula is C30H51N3O5S. The number of hydrogen-bond donors (Lipinski definition) is 3. The first-order valence-electron chi connectivity index (χ1n) is 14.2. The fourth-order valence-corrected chi connectivity index (χ4v) is 4.68. The fraction of sp³-hybridized carbons (Fsp3) is 0.700. The van der Waals surface area contributed by atoms with E-state index in [1.165, 1.54) is 12.1 Å². The molecule has 3 atom stereocenters. The van der Waals surface area contributed by atoms with Gasteiger partial charge in [-0.2, -0.15) is 11.8 Å². The second-order valence-corrected chi connectivity index (χ2v) is 12.5. The van der Waals surface area contributed by atoms with E-state index in [2.05, 4.69) is 31.4 Å². The van der Waals surface area contributed by atoms with Crippen LogP contribution in [0.4, 0.5) is 4.79 Å². The first kappa shape index (κ1) is 34.6. The average Bonchev–Trinajstić information content (AvgIpc) is 2.85. The van der Waals surface area contributed by atoms with Gasteiger partial charge in [0.1, 0.15) is 23.4 Å². The van der Waals surface area contributed by atoms with Crippen LogP contribution in [-0.2, 0) is 14.3 Å². The number of phenolic OH excluding ortho intramolecular Hbond substituents is 1. The maximum atomic E-state index is 14.3. The molecule has 9 heteroatoms. The topological polar surface area (TPSA) is 108 Å². The molecule has 1 aromatic rings. The molecule has 0 radical (unpaired) electrons. The van der Waals surface area contributed by atoms with Gasteiger partial charge >= 0.3 is 6.09 Å². The number of amides is 3. The number of nitrogens with one attached hydrogen (secondary N) is 2. The minimum Gasteiger partial charge on any atom is -0.508 e. The van der Waals surface area contributed by atoms with Crippen molar-refractivity contribution in [3.05, 3.63) is 29.8 Å². The Kier molecular flexibility index (Phi) is 15.4. The largest absolute Gasteiger partial charge is 0.508 e. The standard InChI is InChI=1S/C30H51N3O5S/c1-9-10-11-19-31-27(35)26(23-14-16-24(34)17-15-23)33(22(4)13-12-21(2)3)28(36)25(18-20-39-8)32-29(37)38-30(5,6)7/h14-17,21-22,25-26,34H,9-13,18-20H2,1-8H3,(H,31,35)(H,32,37). The molecule has 0 spiro atoms. The highest BCUT2D eigenvalue weighted by Crippen LogP contribution is 2.29. The minimum atomic E-state index is -0.917. The van der Waals surface area contributed by atoms with Gasteiger partial charge in [0.05, 0.1) is 0 Å². The van der Waals surface area contributed by atoms with Crippen molar-refractivity contribution in [2.45, 2.75) is 111 Å². The SMILES string of the molecule is CCCCCNC(=O)C(c1ccc(O)cc1)N(C(=O)C(CCSC)NC(=O)OC(C)(C)C)C(C)CCC(C)C. The monoisotopic (exact) mass is 565 g/mol. The van der Waals surface area contributed by atoms with Gasteiger partial charge in [-0.3, -0.25) is 9.59 Å². The first-order valence-corrected chi connectivity index (χ1v) is 15.6. The van der Waals surface area contributed by atoms with Crippen molar-refractivity contribution in [3.63, 3.8) is 0 Å². The van der Waals surface area contributed by atoms with Crippen molar-refractivity contribution in [1.82, 2.24) is 15.5 Å². The predicted molar refractivity (Wildman–Crippen MR) is 160 cm³/mol. The number of alkyl carbamates (subject to hydrolysis) is 1. The summed E-state index contributed by atoms with van der Waals surface area (Å²) in [5.41, 5.74) is -0.111. The van der Waals surface area contributed by atoms with E-state index in [0.29, 0.717) is 36.6 Å². The summed E-state index contributed by atoms with van der Waals surface area (Å²) >= 11 is 1.58. The van der Waals surface area contributed by atoms with Crippen LogP contribution in [0.2, 0.25) is 0 Å². The van der Waals surface area contributed by atoms with Gasteiger partial charge in [-0.05, 0) is 89.0 Å². The summed E-state index contributed by atoms with van der Waals surface area (Å²) in [7, 11) is 0. The molecule has 3 amide bonds. The zero-order chi connectivity index (χ0) is 29.6. The smallest absolute Gasteiger partial charge is 0.408 e. The van der Waals surface area contributed by atoms with E-state index in [9.17, 15) is 19.5 Å². The summed E-state index contributed by atoms with van der Waals surface area (Å²) in [6, 6.07) is 4.35. The lowest BCUT2D eigenvalue weighted by atomic mass is 9.96. The summed E-state index contributed by atoms with van der Waals surface area (Å²) in [5, 5.41) is 15.7. The highest BCUT2D eigenvalue weighted by molar-refractivity contribution is 7.98. The van der Waals surface area contributed by atoms with Gasteiger partial charge < -0.3 is 25.4 Å². The van der Waals surface area contributed by atoms with E-state index < -0.39 is 23.8 Å². The van der Waals surface area contributed by atoms with Crippen LogP contribution in [0.25, 0.3) is 0 Å². The number of ether oxygens (including phenoxy) is 1. The molecule has 0 aromatic heterocycles. The number of hydrogen-bond acceptors (Lipinski definition) is 6. The van der Waals surface area contributed by atoms with Crippen molar-refractivity contribution in [3.8, 4) is 5.75 Å². The van der Waals surface area contributed by atoms with Gasteiger partial charge in [-0.15, -0.1) is 0 Å². The van der Waals surface area contributed by atoms with Crippen LogP contribution in [0.15, 0.2) is 24.3 Å². The molecule has 0 heterocycles. The molecule has 39 heavy (non-hydrogen) atoms. The number of phenols is 1. The summed E-state index contributed by atoms with van der Waals surface area (Å²) in [6.07, 6.45) is 6.12. The number of nitrogens with zero attached hydrogens (tertiary/aromatic N) is 1. The number of thioether (sulfide) groups is 1. The van der Waals surface area contributed by atoms with Gasteiger partial charge in [-0.25, -0.2) is 4.79 Å². The Bertz CT molecular complexity index is 886. The molecule has 222 valence electrons. The summed E-state index contributed by atoms with van der Waals surface area (Å²) in [4.78, 5) is 42.4. The Morgan fingerprint density at radius 2 is 1.67 bits per heavy atom. The van der Waals surface area contributed by atoms with Crippen LogP contribution >= 0.6 is 11.8 Å². The lowest BCUT2D eigenvalue weighted by Crippen LogP contribution is -2.55. The average molecular weight is 566 g/mol. The molecule has 0 aliphatic heterocycles. The van der Waals surface area contributed by atoms with Gasteiger partial charge in [-0.1, -0.05) is 45.7 Å². The molecule has 0 bridgehead atoms. The van der Waals surface area contributed by atoms with Crippen LogP contribution < -0.4 is 10.6 Å². The number of carbonyl (C=O) groups excluding carboxylic acids is 3. The summed E-state index contributed by atoms with van der Waals surface area (Å²) < 4.78 is 5.46. The van der Waals surface area contributed by atoms with E-state index in [1.807, 2.05) is 13.2 Å². The minimum absolute atomic E-state index is 0.0797. The lowest BCUT2D eigenvalue weighted by molar-refractivity contribution is -0.145. The van der Waals surface area contributed by atoms with Crippen molar-refractivity contribution in [2.24, 2.45) is 5.92 Å². The van der Waals surface area contributed by atoms with Crippen molar-refractivity contribution < 1.29 is 24.2 Å². The van der Waals surface area contributed by atoms with E-state index in [0.717, 1.165) is 25.7 Å². The summed E-state index contributed by atoms with van der Waals surface area (Å²) in [6.45, 7) is 14.1. The third-order valence-electron chi connectivity index (χ3n) is 6.31. The number of aromatic hydroxyl groups is 1. The van der Waals surface area contributed by atoms with Crippen molar-refractivity contribution >= 4 is 29.7 Å². The molecular weight excluding hydrogens is 514 g/mol. The Morgan fingerprint density at radius 3 is 2.21 bits per heavy atom. The Balaban J connectivity index is 3.52. The predicted octanol–water partition coefficient (Wildman–Crippen LogP) is 6.04. The fourth-order valence-electron chi connectivity index (χ4n) is 4.21. The van der Waals surface area contributed by atoms with Gasteiger partial charge in [0, 0.05) is 12.6 Å². The zero-order valence-electron chi connectivity index (χ0n) is 25.2. The first-order chi connectivity index (χ1) is 18.3. The Labute approximate surface area is 240 Å². The molecule has 0 aliphatic carbocycles. The van der Waals surface area contributed by atoms with Gasteiger partial charge in [0.15, 0.2) is 0 Å². The maximum Gasteiger partial charge on any atom is 0.408 e. The van der Waals surface area contributed by atoms with Crippen LogP contribution in [-0.4, -0.2) is 64.2 Å². The van der Waals surface area contributed by atoms with Gasteiger partial charge in [0.2, 0.25) is 11.8 Å². The van der Waals surface area contributed by atoms with Crippen LogP contribution in [0.3, 0.4) is 0 Å². The molecule has 1 rings (SSSR count).